The van der Waals surface area contributed by atoms with E-state index in [1.165, 1.54) is 42.4 Å². The smallest absolute Gasteiger partial charge is 0.0283 e. The molecule has 2 aromatic rings. The van der Waals surface area contributed by atoms with Gasteiger partial charge in [0.25, 0.3) is 0 Å². The molecule has 0 atom stereocenters. The maximum atomic E-state index is 3.55. The molecule has 23 heavy (non-hydrogen) atoms. The van der Waals surface area contributed by atoms with Gasteiger partial charge in [-0.2, -0.15) is 0 Å². The summed E-state index contributed by atoms with van der Waals surface area (Å²) in [7, 11) is 3.55. The van der Waals surface area contributed by atoms with Crippen LogP contribution in [0.25, 0.3) is 0 Å². The van der Waals surface area contributed by atoms with Crippen LogP contribution >= 0.6 is 0 Å². The molecule has 0 unspecified atom stereocenters. The van der Waals surface area contributed by atoms with Gasteiger partial charge in [0.2, 0.25) is 0 Å². The third-order valence-corrected chi connectivity index (χ3v) is 5.80. The molecule has 0 nitrogen and oxygen atoms in total. The second kappa shape index (κ2) is 7.96. The van der Waals surface area contributed by atoms with Crippen molar-refractivity contribution in [3.05, 3.63) is 70.8 Å². The normalized spacial score (nSPS) is 21.3. The van der Waals surface area contributed by atoms with Gasteiger partial charge in [0.1, 0.15) is 0 Å². The van der Waals surface area contributed by atoms with Crippen LogP contribution in [0.4, 0.5) is 0 Å². The van der Waals surface area contributed by atoms with Gasteiger partial charge in [0, 0.05) is 10.2 Å². The Bertz CT molecular complexity index is 589. The molecule has 119 valence electrons. The van der Waals surface area contributed by atoms with Gasteiger partial charge in [-0.25, -0.2) is 0 Å². The van der Waals surface area contributed by atoms with Crippen LogP contribution in [0.15, 0.2) is 48.5 Å². The predicted octanol–water partition coefficient (Wildman–Crippen LogP) is 5.43. The number of hydrogen-bond donors (Lipinski definition) is 0. The first kappa shape index (κ1) is 16.5. The van der Waals surface area contributed by atoms with E-state index in [2.05, 4.69) is 65.7 Å². The second-order valence-electron chi connectivity index (χ2n) is 7.19. The fourth-order valence-corrected chi connectivity index (χ4v) is 3.90. The Kier molecular flexibility index (Phi) is 5.72. The lowest BCUT2D eigenvalue weighted by Gasteiger charge is -2.26. The third-order valence-electron chi connectivity index (χ3n) is 5.40. The first-order valence-electron chi connectivity index (χ1n) is 9.06. The number of aryl methyl sites for hydroxylation is 2. The fraction of sp³-hybridized carbons (Fsp3) is 0.455. The summed E-state index contributed by atoms with van der Waals surface area (Å²) < 4.78 is 0. The Labute approximate surface area is 144 Å². The SMILES string of the molecule is CC1CCC(c2ccc(CCc3ccc(C[Si])cc3)cc2)CC1. The Hall–Kier alpha value is -1.34. The molecular weight excluding hydrogens is 292 g/mol. The largest absolute Gasteiger partial charge is 0.0625 e. The molecule has 0 amide bonds. The van der Waals surface area contributed by atoms with Crippen LogP contribution in [-0.2, 0) is 18.9 Å². The zero-order chi connectivity index (χ0) is 16.1. The standard InChI is InChI=1S/C22H27Si/c1-17-2-12-21(13-3-17)22-14-10-19(11-15-22)5-4-18-6-8-20(16-23)9-7-18/h6-11,14-15,17,21H,2-5,12-13,16H2,1H3. The minimum Gasteiger partial charge on any atom is -0.0625 e. The van der Waals surface area contributed by atoms with Crippen molar-refractivity contribution in [2.45, 2.75) is 57.4 Å². The first-order chi connectivity index (χ1) is 11.2. The molecule has 1 aliphatic carbocycles. The zero-order valence-electron chi connectivity index (χ0n) is 14.2. The molecule has 0 bridgehead atoms. The van der Waals surface area contributed by atoms with E-state index in [9.17, 15) is 0 Å². The lowest BCUT2D eigenvalue weighted by Crippen LogP contribution is -2.10. The summed E-state index contributed by atoms with van der Waals surface area (Å²) in [6.07, 6.45) is 7.81. The highest BCUT2D eigenvalue weighted by Gasteiger charge is 2.19. The maximum absolute atomic E-state index is 3.55. The van der Waals surface area contributed by atoms with Crippen LogP contribution in [0.3, 0.4) is 0 Å². The van der Waals surface area contributed by atoms with Gasteiger partial charge in [-0.05, 0) is 60.3 Å². The highest BCUT2D eigenvalue weighted by atomic mass is 28.1. The second-order valence-corrected chi connectivity index (χ2v) is 7.55. The minimum absolute atomic E-state index is 0.803. The van der Waals surface area contributed by atoms with Gasteiger partial charge in [-0.1, -0.05) is 73.9 Å². The molecule has 0 heterocycles. The monoisotopic (exact) mass is 319 g/mol. The van der Waals surface area contributed by atoms with E-state index in [1.54, 1.807) is 5.56 Å². The van der Waals surface area contributed by atoms with E-state index in [-0.39, 0.29) is 0 Å². The van der Waals surface area contributed by atoms with E-state index in [0.717, 1.165) is 30.7 Å². The molecule has 1 fully saturated rings. The average Bonchev–Trinajstić information content (AvgIpc) is 2.61. The van der Waals surface area contributed by atoms with E-state index in [0.29, 0.717) is 0 Å². The third kappa shape index (κ3) is 4.57. The summed E-state index contributed by atoms with van der Waals surface area (Å²) in [6, 6.07) is 19.3. The van der Waals surface area contributed by atoms with Crippen molar-refractivity contribution in [1.29, 1.82) is 0 Å². The molecular formula is C22H27Si. The topological polar surface area (TPSA) is 0 Å². The Morgan fingerprint density at radius 3 is 1.74 bits per heavy atom. The molecule has 0 N–H and O–H groups in total. The van der Waals surface area contributed by atoms with Gasteiger partial charge < -0.3 is 0 Å². The molecule has 0 aromatic heterocycles. The molecule has 1 aliphatic rings. The van der Waals surface area contributed by atoms with Crippen molar-refractivity contribution in [2.24, 2.45) is 5.92 Å². The molecule has 0 saturated heterocycles. The van der Waals surface area contributed by atoms with E-state index >= 15 is 0 Å². The fourth-order valence-electron chi connectivity index (χ4n) is 3.66. The van der Waals surface area contributed by atoms with Crippen molar-refractivity contribution in [1.82, 2.24) is 0 Å². The molecule has 1 saturated carbocycles. The van der Waals surface area contributed by atoms with Gasteiger partial charge >= 0.3 is 0 Å². The lowest BCUT2D eigenvalue weighted by atomic mass is 9.79. The van der Waals surface area contributed by atoms with Crippen LogP contribution in [0, 0.1) is 5.92 Å². The Balaban J connectivity index is 1.54. The van der Waals surface area contributed by atoms with Crippen molar-refractivity contribution in [3.63, 3.8) is 0 Å². The summed E-state index contributed by atoms with van der Waals surface area (Å²) >= 11 is 0. The number of hydrogen-bond acceptors (Lipinski definition) is 0. The van der Waals surface area contributed by atoms with Gasteiger partial charge in [-0.15, -0.1) is 0 Å². The molecule has 3 radical (unpaired) electrons. The van der Waals surface area contributed by atoms with Crippen LogP contribution in [0.1, 0.15) is 60.8 Å². The van der Waals surface area contributed by atoms with Crippen molar-refractivity contribution < 1.29 is 0 Å². The van der Waals surface area contributed by atoms with Crippen LogP contribution in [-0.4, -0.2) is 10.2 Å². The minimum atomic E-state index is 0.803. The molecule has 1 heteroatoms. The summed E-state index contributed by atoms with van der Waals surface area (Å²) in [5, 5.41) is 0. The van der Waals surface area contributed by atoms with E-state index in [1.807, 2.05) is 0 Å². The van der Waals surface area contributed by atoms with Gasteiger partial charge in [0.15, 0.2) is 0 Å². The highest BCUT2D eigenvalue weighted by Crippen LogP contribution is 2.35. The Morgan fingerprint density at radius 2 is 1.22 bits per heavy atom. The molecule has 2 aromatic carbocycles. The van der Waals surface area contributed by atoms with Crippen LogP contribution < -0.4 is 0 Å². The van der Waals surface area contributed by atoms with Crippen molar-refractivity contribution in [2.75, 3.05) is 0 Å². The number of benzene rings is 2. The van der Waals surface area contributed by atoms with Crippen molar-refractivity contribution in [3.8, 4) is 0 Å². The highest BCUT2D eigenvalue weighted by molar-refractivity contribution is 6.08. The maximum Gasteiger partial charge on any atom is 0.0283 e. The van der Waals surface area contributed by atoms with E-state index < -0.39 is 0 Å². The summed E-state index contributed by atoms with van der Waals surface area (Å²) in [4.78, 5) is 0. The quantitative estimate of drug-likeness (QED) is 0.644. The van der Waals surface area contributed by atoms with Gasteiger partial charge in [0.05, 0.1) is 0 Å². The molecule has 0 spiro atoms. The van der Waals surface area contributed by atoms with Crippen molar-refractivity contribution >= 4 is 10.2 Å². The Morgan fingerprint density at radius 1 is 0.739 bits per heavy atom. The van der Waals surface area contributed by atoms with Crippen LogP contribution in [0.2, 0.25) is 0 Å². The summed E-state index contributed by atoms with van der Waals surface area (Å²) in [6.45, 7) is 2.39. The summed E-state index contributed by atoms with van der Waals surface area (Å²) in [5.41, 5.74) is 5.79. The average molecular weight is 320 g/mol. The summed E-state index contributed by atoms with van der Waals surface area (Å²) in [5.74, 6) is 1.73. The molecule has 3 rings (SSSR count). The zero-order valence-corrected chi connectivity index (χ0v) is 15.2. The predicted molar refractivity (Wildman–Crippen MR) is 100 cm³/mol. The molecule has 0 aliphatic heterocycles. The lowest BCUT2D eigenvalue weighted by molar-refractivity contribution is 0.348. The first-order valence-corrected chi connectivity index (χ1v) is 9.76. The van der Waals surface area contributed by atoms with Crippen LogP contribution in [0.5, 0.6) is 0 Å². The van der Waals surface area contributed by atoms with E-state index in [4.69, 9.17) is 0 Å². The number of rotatable bonds is 5. The van der Waals surface area contributed by atoms with Gasteiger partial charge in [-0.3, -0.25) is 0 Å².